The van der Waals surface area contributed by atoms with Gasteiger partial charge in [-0.1, -0.05) is 6.07 Å². The van der Waals surface area contributed by atoms with Crippen LogP contribution in [0.25, 0.3) is 11.5 Å². The highest BCUT2D eigenvalue weighted by atomic mass is 19.1. The Morgan fingerprint density at radius 3 is 2.84 bits per heavy atom. The third-order valence-corrected chi connectivity index (χ3v) is 2.38. The minimum Gasteiger partial charge on any atom is -0.460 e. The second-order valence-corrected chi connectivity index (χ2v) is 3.70. The first-order valence-electron chi connectivity index (χ1n) is 5.50. The molecule has 0 amide bonds. The van der Waals surface area contributed by atoms with Crippen LogP contribution in [0, 0.1) is 18.6 Å². The number of carbonyl (C=O) groups excluding carboxylic acids is 1. The first-order chi connectivity index (χ1) is 9.04. The van der Waals surface area contributed by atoms with Crippen LogP contribution in [0.1, 0.15) is 23.1 Å². The number of halogens is 2. The van der Waals surface area contributed by atoms with Gasteiger partial charge in [0.1, 0.15) is 17.2 Å². The van der Waals surface area contributed by atoms with E-state index in [1.165, 1.54) is 13.0 Å². The lowest BCUT2D eigenvalue weighted by Crippen LogP contribution is -2.06. The maximum absolute atomic E-state index is 13.8. The molecule has 1 aromatic heterocycles. The molecule has 1 heterocycles. The summed E-state index contributed by atoms with van der Waals surface area (Å²) >= 11 is 0. The highest BCUT2D eigenvalue weighted by Gasteiger charge is 2.22. The predicted molar refractivity (Wildman–Crippen MR) is 60.3 cm³/mol. The van der Waals surface area contributed by atoms with Crippen molar-refractivity contribution in [2.45, 2.75) is 13.8 Å². The second-order valence-electron chi connectivity index (χ2n) is 3.70. The number of aromatic nitrogens is 2. The van der Waals surface area contributed by atoms with E-state index in [4.69, 9.17) is 4.52 Å². The SMILES string of the molecule is CCOC(=O)c1noc(-c2c(F)ccc(C)c2F)n1. The summed E-state index contributed by atoms with van der Waals surface area (Å²) in [6.45, 7) is 3.22. The van der Waals surface area contributed by atoms with Crippen LogP contribution in [0.3, 0.4) is 0 Å². The average molecular weight is 268 g/mol. The summed E-state index contributed by atoms with van der Waals surface area (Å²) in [6.07, 6.45) is 0. The van der Waals surface area contributed by atoms with Crippen molar-refractivity contribution >= 4 is 5.97 Å². The maximum Gasteiger partial charge on any atom is 0.379 e. The summed E-state index contributed by atoms with van der Waals surface area (Å²) in [4.78, 5) is 15.0. The third kappa shape index (κ3) is 2.44. The zero-order valence-corrected chi connectivity index (χ0v) is 10.2. The second kappa shape index (κ2) is 5.13. The molecule has 19 heavy (non-hydrogen) atoms. The zero-order chi connectivity index (χ0) is 14.0. The van der Waals surface area contributed by atoms with Gasteiger partial charge >= 0.3 is 5.97 Å². The average Bonchev–Trinajstić information content (AvgIpc) is 2.84. The van der Waals surface area contributed by atoms with Gasteiger partial charge in [0.2, 0.25) is 0 Å². The number of carbonyl (C=O) groups is 1. The number of hydrogen-bond acceptors (Lipinski definition) is 5. The molecule has 0 aliphatic heterocycles. The summed E-state index contributed by atoms with van der Waals surface area (Å²) in [5.74, 6) is -3.24. The number of esters is 1. The molecule has 5 nitrogen and oxygen atoms in total. The Morgan fingerprint density at radius 2 is 2.16 bits per heavy atom. The van der Waals surface area contributed by atoms with E-state index in [-0.39, 0.29) is 18.0 Å². The normalized spacial score (nSPS) is 10.5. The molecule has 0 radical (unpaired) electrons. The standard InChI is InChI=1S/C12H10F2N2O3/c1-3-18-12(17)10-15-11(19-16-10)8-7(13)5-4-6(2)9(8)14/h4-5H,3H2,1-2H3. The fraction of sp³-hybridized carbons (Fsp3) is 0.250. The lowest BCUT2D eigenvalue weighted by Gasteiger charge is -2.02. The van der Waals surface area contributed by atoms with E-state index in [9.17, 15) is 13.6 Å². The van der Waals surface area contributed by atoms with Crippen molar-refractivity contribution in [3.8, 4) is 11.5 Å². The largest absolute Gasteiger partial charge is 0.460 e. The number of rotatable bonds is 3. The molecule has 0 bridgehead atoms. The van der Waals surface area contributed by atoms with Crippen LogP contribution < -0.4 is 0 Å². The van der Waals surface area contributed by atoms with Crippen molar-refractivity contribution in [3.63, 3.8) is 0 Å². The molecular weight excluding hydrogens is 258 g/mol. The van der Waals surface area contributed by atoms with Crippen molar-refractivity contribution < 1.29 is 22.8 Å². The van der Waals surface area contributed by atoms with Crippen LogP contribution in [0.15, 0.2) is 16.7 Å². The van der Waals surface area contributed by atoms with Crippen molar-refractivity contribution in [2.75, 3.05) is 6.61 Å². The van der Waals surface area contributed by atoms with E-state index in [1.807, 2.05) is 0 Å². The monoisotopic (exact) mass is 268 g/mol. The van der Waals surface area contributed by atoms with Crippen LogP contribution in [-0.2, 0) is 4.74 Å². The van der Waals surface area contributed by atoms with E-state index >= 15 is 0 Å². The minimum atomic E-state index is -0.845. The quantitative estimate of drug-likeness (QED) is 0.800. The van der Waals surface area contributed by atoms with E-state index in [2.05, 4.69) is 14.9 Å². The van der Waals surface area contributed by atoms with Crippen LogP contribution >= 0.6 is 0 Å². The Kier molecular flexibility index (Phi) is 3.55. The minimum absolute atomic E-state index is 0.135. The van der Waals surface area contributed by atoms with E-state index in [0.29, 0.717) is 0 Å². The Labute approximate surface area is 107 Å². The van der Waals surface area contributed by atoms with Gasteiger partial charge in [-0.3, -0.25) is 0 Å². The third-order valence-electron chi connectivity index (χ3n) is 2.38. The van der Waals surface area contributed by atoms with Gasteiger partial charge < -0.3 is 9.26 Å². The molecule has 0 unspecified atom stereocenters. The van der Waals surface area contributed by atoms with Crippen LogP contribution in [-0.4, -0.2) is 22.7 Å². The molecule has 0 aliphatic carbocycles. The molecule has 0 saturated carbocycles. The van der Waals surface area contributed by atoms with Crippen molar-refractivity contribution in [3.05, 3.63) is 35.2 Å². The smallest absolute Gasteiger partial charge is 0.379 e. The van der Waals surface area contributed by atoms with Gasteiger partial charge in [0.05, 0.1) is 6.61 Å². The van der Waals surface area contributed by atoms with E-state index in [0.717, 1.165) is 6.07 Å². The summed E-state index contributed by atoms with van der Waals surface area (Å²) in [5, 5.41) is 3.33. The summed E-state index contributed by atoms with van der Waals surface area (Å²) in [7, 11) is 0. The van der Waals surface area contributed by atoms with Crippen LogP contribution in [0.5, 0.6) is 0 Å². The molecule has 1 aromatic carbocycles. The van der Waals surface area contributed by atoms with Gasteiger partial charge in [-0.25, -0.2) is 13.6 Å². The molecule has 0 atom stereocenters. The first-order valence-corrected chi connectivity index (χ1v) is 5.50. The summed E-state index contributed by atoms with van der Waals surface area (Å²) in [6, 6.07) is 2.37. The molecule has 2 aromatic rings. The van der Waals surface area contributed by atoms with Gasteiger partial charge in [-0.2, -0.15) is 4.98 Å². The number of hydrogen-bond donors (Lipinski definition) is 0. The summed E-state index contributed by atoms with van der Waals surface area (Å²) in [5.41, 5.74) is -0.227. The maximum atomic E-state index is 13.8. The fourth-order valence-electron chi connectivity index (χ4n) is 1.46. The highest BCUT2D eigenvalue weighted by Crippen LogP contribution is 2.26. The molecule has 7 heteroatoms. The Balaban J connectivity index is 2.44. The zero-order valence-electron chi connectivity index (χ0n) is 10.2. The van der Waals surface area contributed by atoms with Crippen molar-refractivity contribution in [1.29, 1.82) is 0 Å². The summed E-state index contributed by atoms with van der Waals surface area (Å²) < 4.78 is 36.8. The predicted octanol–water partition coefficient (Wildman–Crippen LogP) is 2.50. The Morgan fingerprint density at radius 1 is 1.42 bits per heavy atom. The molecule has 0 fully saturated rings. The van der Waals surface area contributed by atoms with E-state index in [1.54, 1.807) is 6.92 Å². The lowest BCUT2D eigenvalue weighted by atomic mass is 10.1. The molecule has 0 saturated heterocycles. The van der Waals surface area contributed by atoms with Crippen molar-refractivity contribution in [1.82, 2.24) is 10.1 Å². The number of benzene rings is 1. The van der Waals surface area contributed by atoms with Gasteiger partial charge in [-0.15, -0.1) is 0 Å². The number of ether oxygens (including phenoxy) is 1. The fourth-order valence-corrected chi connectivity index (χ4v) is 1.46. The van der Waals surface area contributed by atoms with Gasteiger partial charge in [0.15, 0.2) is 0 Å². The van der Waals surface area contributed by atoms with Crippen LogP contribution in [0.4, 0.5) is 8.78 Å². The highest BCUT2D eigenvalue weighted by molar-refractivity contribution is 5.85. The van der Waals surface area contributed by atoms with Gasteiger partial charge in [-0.05, 0) is 30.6 Å². The molecule has 0 spiro atoms. The first kappa shape index (κ1) is 13.1. The van der Waals surface area contributed by atoms with Crippen LogP contribution in [0.2, 0.25) is 0 Å². The van der Waals surface area contributed by atoms with Gasteiger partial charge in [0.25, 0.3) is 11.7 Å². The topological polar surface area (TPSA) is 65.2 Å². The molecular formula is C12H10F2N2O3. The molecule has 0 aliphatic rings. The van der Waals surface area contributed by atoms with Crippen molar-refractivity contribution in [2.24, 2.45) is 0 Å². The lowest BCUT2D eigenvalue weighted by molar-refractivity contribution is 0.0508. The molecule has 2 rings (SSSR count). The molecule has 0 N–H and O–H groups in total. The number of nitrogens with zero attached hydrogens (tertiary/aromatic N) is 2. The molecule has 100 valence electrons. The number of aryl methyl sites for hydroxylation is 1. The Bertz CT molecular complexity index is 625. The van der Waals surface area contributed by atoms with E-state index < -0.39 is 29.1 Å². The Hall–Kier alpha value is -2.31. The van der Waals surface area contributed by atoms with Gasteiger partial charge in [0, 0.05) is 0 Å².